The molecule has 0 aliphatic rings. The van der Waals surface area contributed by atoms with Crippen molar-refractivity contribution in [3.8, 4) is 17.1 Å². The van der Waals surface area contributed by atoms with Crippen LogP contribution in [-0.4, -0.2) is 32.8 Å². The largest absolute Gasteiger partial charge is 0.481 e. The normalized spacial score (nSPS) is 10.4. The molecule has 150 valence electrons. The van der Waals surface area contributed by atoms with Crippen molar-refractivity contribution < 1.29 is 9.53 Å². The first-order valence-electron chi connectivity index (χ1n) is 9.33. The Bertz CT molecular complexity index is 1130. The van der Waals surface area contributed by atoms with Crippen LogP contribution in [0.4, 0.5) is 5.95 Å². The number of rotatable bonds is 7. The average Bonchev–Trinajstić information content (AvgIpc) is 3.23. The Labute approximate surface area is 173 Å². The smallest absolute Gasteiger partial charge is 0.273 e. The second-order valence-corrected chi connectivity index (χ2v) is 6.44. The standard InChI is InChI=1S/C22H20N6O2/c1-30-19-12-13-23-22(24-19)26-25-21(29)18-15-28(14-16-8-4-2-5-9-16)27-20(18)17-10-6-3-7-11-17/h2-13,15H,14H2,1H3,(H,25,29)(H,23,24,26). The molecule has 30 heavy (non-hydrogen) atoms. The quantitative estimate of drug-likeness (QED) is 0.463. The van der Waals surface area contributed by atoms with Gasteiger partial charge in [-0.25, -0.2) is 4.98 Å². The number of methoxy groups -OCH3 is 1. The van der Waals surface area contributed by atoms with Crippen LogP contribution in [0.15, 0.2) is 79.1 Å². The van der Waals surface area contributed by atoms with E-state index in [2.05, 4.69) is 25.9 Å². The number of carbonyl (C=O) groups is 1. The number of anilines is 1. The number of benzene rings is 2. The summed E-state index contributed by atoms with van der Waals surface area (Å²) in [6, 6.07) is 21.2. The maximum absolute atomic E-state index is 12.9. The van der Waals surface area contributed by atoms with Crippen molar-refractivity contribution in [2.24, 2.45) is 0 Å². The van der Waals surface area contributed by atoms with Crippen LogP contribution < -0.4 is 15.6 Å². The van der Waals surface area contributed by atoms with Crippen molar-refractivity contribution >= 4 is 11.9 Å². The van der Waals surface area contributed by atoms with Gasteiger partial charge in [0, 0.05) is 24.0 Å². The van der Waals surface area contributed by atoms with E-state index in [9.17, 15) is 4.79 Å². The maximum Gasteiger partial charge on any atom is 0.273 e. The lowest BCUT2D eigenvalue weighted by atomic mass is 10.1. The first-order valence-corrected chi connectivity index (χ1v) is 9.33. The Morgan fingerprint density at radius 1 is 1.03 bits per heavy atom. The molecule has 2 aromatic carbocycles. The van der Waals surface area contributed by atoms with Crippen LogP contribution in [0, 0.1) is 0 Å². The molecule has 8 heteroatoms. The van der Waals surface area contributed by atoms with Crippen LogP contribution in [0.25, 0.3) is 11.3 Å². The number of nitrogens with zero attached hydrogens (tertiary/aromatic N) is 4. The minimum atomic E-state index is -0.348. The van der Waals surface area contributed by atoms with E-state index in [-0.39, 0.29) is 11.9 Å². The lowest BCUT2D eigenvalue weighted by molar-refractivity contribution is 0.0962. The van der Waals surface area contributed by atoms with Crippen LogP contribution in [0.3, 0.4) is 0 Å². The Balaban J connectivity index is 1.59. The molecule has 0 unspecified atom stereocenters. The van der Waals surface area contributed by atoms with Gasteiger partial charge in [-0.3, -0.25) is 20.3 Å². The highest BCUT2D eigenvalue weighted by Gasteiger charge is 2.18. The third kappa shape index (κ3) is 4.44. The Morgan fingerprint density at radius 2 is 1.77 bits per heavy atom. The summed E-state index contributed by atoms with van der Waals surface area (Å²) >= 11 is 0. The molecule has 0 saturated carbocycles. The van der Waals surface area contributed by atoms with Crippen LogP contribution in [0.1, 0.15) is 15.9 Å². The molecule has 0 atom stereocenters. The zero-order valence-electron chi connectivity index (χ0n) is 16.3. The number of aromatic nitrogens is 4. The van der Waals surface area contributed by atoms with E-state index in [4.69, 9.17) is 4.74 Å². The molecular formula is C22H20N6O2. The molecule has 1 amide bonds. The van der Waals surface area contributed by atoms with E-state index >= 15 is 0 Å². The van der Waals surface area contributed by atoms with E-state index in [1.807, 2.05) is 60.7 Å². The first kappa shape index (κ1) is 19.1. The molecule has 0 spiro atoms. The van der Waals surface area contributed by atoms with Gasteiger partial charge < -0.3 is 4.74 Å². The fourth-order valence-electron chi connectivity index (χ4n) is 2.94. The van der Waals surface area contributed by atoms with Crippen molar-refractivity contribution in [1.29, 1.82) is 0 Å². The zero-order chi connectivity index (χ0) is 20.8. The van der Waals surface area contributed by atoms with Gasteiger partial charge in [0.2, 0.25) is 11.8 Å². The Hall–Kier alpha value is -4.20. The summed E-state index contributed by atoms with van der Waals surface area (Å²) in [5, 5.41) is 4.66. The molecule has 2 aromatic heterocycles. The van der Waals surface area contributed by atoms with Gasteiger partial charge in [-0.15, -0.1) is 0 Å². The highest BCUT2D eigenvalue weighted by atomic mass is 16.5. The van der Waals surface area contributed by atoms with Crippen LogP contribution in [-0.2, 0) is 6.54 Å². The van der Waals surface area contributed by atoms with Gasteiger partial charge >= 0.3 is 0 Å². The van der Waals surface area contributed by atoms with E-state index in [1.54, 1.807) is 16.9 Å². The highest BCUT2D eigenvalue weighted by Crippen LogP contribution is 2.22. The molecule has 4 rings (SSSR count). The minimum Gasteiger partial charge on any atom is -0.481 e. The summed E-state index contributed by atoms with van der Waals surface area (Å²) < 4.78 is 6.82. The number of nitrogens with one attached hydrogen (secondary N) is 2. The molecule has 0 fully saturated rings. The highest BCUT2D eigenvalue weighted by molar-refractivity contribution is 6.00. The van der Waals surface area contributed by atoms with E-state index in [0.717, 1.165) is 11.1 Å². The number of hydrogen-bond donors (Lipinski definition) is 2. The van der Waals surface area contributed by atoms with Crippen LogP contribution in [0.2, 0.25) is 0 Å². The van der Waals surface area contributed by atoms with Gasteiger partial charge in [0.15, 0.2) is 0 Å². The molecule has 0 radical (unpaired) electrons. The van der Waals surface area contributed by atoms with Gasteiger partial charge in [-0.05, 0) is 5.56 Å². The van der Waals surface area contributed by atoms with E-state index in [1.165, 1.54) is 13.3 Å². The summed E-state index contributed by atoms with van der Waals surface area (Å²) in [5.74, 6) is 0.266. The number of amides is 1. The predicted molar refractivity (Wildman–Crippen MR) is 113 cm³/mol. The lowest BCUT2D eigenvalue weighted by Crippen LogP contribution is -2.30. The Kier molecular flexibility index (Phi) is 5.66. The third-order valence-electron chi connectivity index (χ3n) is 4.37. The monoisotopic (exact) mass is 400 g/mol. The summed E-state index contributed by atoms with van der Waals surface area (Å²) in [7, 11) is 1.51. The number of carbonyl (C=O) groups excluding carboxylic acids is 1. The number of ether oxygens (including phenoxy) is 1. The fraction of sp³-hybridized carbons (Fsp3) is 0.0909. The lowest BCUT2D eigenvalue weighted by Gasteiger charge is -2.07. The van der Waals surface area contributed by atoms with Crippen molar-refractivity contribution in [3.63, 3.8) is 0 Å². The summed E-state index contributed by atoms with van der Waals surface area (Å²) in [4.78, 5) is 21.1. The molecule has 8 nitrogen and oxygen atoms in total. The number of hydrazine groups is 1. The molecule has 2 heterocycles. The van der Waals surface area contributed by atoms with Gasteiger partial charge in [0.1, 0.15) is 5.69 Å². The van der Waals surface area contributed by atoms with Crippen molar-refractivity contribution in [2.75, 3.05) is 12.5 Å². The predicted octanol–water partition coefficient (Wildman–Crippen LogP) is 3.15. The van der Waals surface area contributed by atoms with Crippen molar-refractivity contribution in [2.45, 2.75) is 6.54 Å². The molecule has 4 aromatic rings. The van der Waals surface area contributed by atoms with Gasteiger partial charge in [0.05, 0.1) is 19.2 Å². The SMILES string of the molecule is COc1ccnc(NNC(=O)c2cn(Cc3ccccc3)nc2-c2ccccc2)n1. The summed E-state index contributed by atoms with van der Waals surface area (Å²) in [6.07, 6.45) is 3.27. The number of hydrogen-bond acceptors (Lipinski definition) is 6. The molecule has 0 bridgehead atoms. The molecule has 0 saturated heterocycles. The van der Waals surface area contributed by atoms with Crippen molar-refractivity contribution in [1.82, 2.24) is 25.2 Å². The average molecular weight is 400 g/mol. The third-order valence-corrected chi connectivity index (χ3v) is 4.37. The van der Waals surface area contributed by atoms with Gasteiger partial charge in [0.25, 0.3) is 5.91 Å². The second-order valence-electron chi connectivity index (χ2n) is 6.44. The van der Waals surface area contributed by atoms with Crippen LogP contribution >= 0.6 is 0 Å². The topological polar surface area (TPSA) is 94.0 Å². The Morgan fingerprint density at radius 3 is 2.50 bits per heavy atom. The van der Waals surface area contributed by atoms with E-state index < -0.39 is 0 Å². The van der Waals surface area contributed by atoms with Crippen LogP contribution in [0.5, 0.6) is 5.88 Å². The second kappa shape index (κ2) is 8.87. The maximum atomic E-state index is 12.9. The zero-order valence-corrected chi connectivity index (χ0v) is 16.3. The molecular weight excluding hydrogens is 380 g/mol. The van der Waals surface area contributed by atoms with Gasteiger partial charge in [-0.2, -0.15) is 10.1 Å². The molecule has 0 aliphatic heterocycles. The fourth-order valence-corrected chi connectivity index (χ4v) is 2.94. The first-order chi connectivity index (χ1) is 14.7. The molecule has 0 aliphatic carbocycles. The minimum absolute atomic E-state index is 0.223. The van der Waals surface area contributed by atoms with Gasteiger partial charge in [-0.1, -0.05) is 60.7 Å². The summed E-state index contributed by atoms with van der Waals surface area (Å²) in [6.45, 7) is 0.556. The van der Waals surface area contributed by atoms with E-state index in [0.29, 0.717) is 23.7 Å². The summed E-state index contributed by atoms with van der Waals surface area (Å²) in [5.41, 5.74) is 8.33. The van der Waals surface area contributed by atoms with Crippen molar-refractivity contribution in [3.05, 3.63) is 90.3 Å². The molecule has 2 N–H and O–H groups in total.